The van der Waals surface area contributed by atoms with E-state index in [-0.39, 0.29) is 0 Å². The van der Waals surface area contributed by atoms with Crippen LogP contribution in [0.2, 0.25) is 0 Å². The molecule has 1 aromatic heterocycles. The summed E-state index contributed by atoms with van der Waals surface area (Å²) in [6, 6.07) is 8.02. The van der Waals surface area contributed by atoms with Crippen LogP contribution in [0.5, 0.6) is 0 Å². The van der Waals surface area contributed by atoms with Gasteiger partial charge in [0.05, 0.1) is 0 Å². The van der Waals surface area contributed by atoms with Crippen molar-refractivity contribution in [3.63, 3.8) is 0 Å². The highest BCUT2D eigenvalue weighted by Crippen LogP contribution is 2.29. The van der Waals surface area contributed by atoms with E-state index in [2.05, 4.69) is 25.8 Å². The van der Waals surface area contributed by atoms with Crippen molar-refractivity contribution in [3.05, 3.63) is 40.1 Å². The van der Waals surface area contributed by atoms with Crippen molar-refractivity contribution >= 4 is 33.7 Å². The molecule has 1 aromatic carbocycles. The van der Waals surface area contributed by atoms with E-state index in [1.165, 1.54) is 11.9 Å². The van der Waals surface area contributed by atoms with Crippen molar-refractivity contribution in [2.24, 2.45) is 0 Å². The summed E-state index contributed by atoms with van der Waals surface area (Å²) in [6.45, 7) is 3.88. The van der Waals surface area contributed by atoms with Crippen LogP contribution in [0.3, 0.4) is 0 Å². The van der Waals surface area contributed by atoms with Crippen LogP contribution < -0.4 is 4.72 Å². The average Bonchev–Trinajstić information content (AvgIpc) is 2.59. The molecule has 0 bridgehead atoms. The van der Waals surface area contributed by atoms with Crippen LogP contribution in [0, 0.1) is 13.8 Å². The lowest BCUT2D eigenvalue weighted by atomic mass is 10.3. The monoisotopic (exact) mass is 298 g/mol. The molecule has 0 radical (unpaired) electrons. The molecule has 1 N–H and O–H groups in total. The van der Waals surface area contributed by atoms with Crippen LogP contribution in [0.4, 0.5) is 5.82 Å². The van der Waals surface area contributed by atoms with Crippen LogP contribution in [0.1, 0.15) is 11.3 Å². The summed E-state index contributed by atoms with van der Waals surface area (Å²) in [5.41, 5.74) is 1.04. The Bertz CT molecular complexity index is 498. The van der Waals surface area contributed by atoms with Crippen molar-refractivity contribution in [2.75, 3.05) is 4.72 Å². The smallest absolute Gasteiger partial charge is 0.182 e. The fourth-order valence-corrected chi connectivity index (χ4v) is 2.38. The number of hydrogen-bond acceptors (Lipinski definition) is 4. The minimum atomic E-state index is 0.776. The minimum absolute atomic E-state index is 0.776. The molecule has 0 saturated heterocycles. The molecule has 0 aliphatic heterocycles. The van der Waals surface area contributed by atoms with Crippen molar-refractivity contribution < 1.29 is 4.52 Å². The second-order valence-corrected chi connectivity index (χ2v) is 5.05. The molecule has 16 heavy (non-hydrogen) atoms. The van der Waals surface area contributed by atoms with E-state index < -0.39 is 0 Å². The molecule has 0 aliphatic rings. The summed E-state index contributed by atoms with van der Waals surface area (Å²) < 4.78 is 9.31. The number of nitrogens with one attached hydrogen (secondary N) is 1. The third-order valence-electron chi connectivity index (χ3n) is 2.25. The second-order valence-electron chi connectivity index (χ2n) is 3.35. The Balaban J connectivity index is 2.08. The van der Waals surface area contributed by atoms with Crippen molar-refractivity contribution in [1.82, 2.24) is 5.16 Å². The van der Waals surface area contributed by atoms with E-state index in [0.717, 1.165) is 26.5 Å². The van der Waals surface area contributed by atoms with E-state index in [1.807, 2.05) is 38.1 Å². The predicted octanol–water partition coefficient (Wildman–Crippen LogP) is 4.17. The van der Waals surface area contributed by atoms with Gasteiger partial charge in [0.2, 0.25) is 0 Å². The maximum absolute atomic E-state index is 5.08. The van der Waals surface area contributed by atoms with Gasteiger partial charge in [-0.05, 0) is 53.9 Å². The largest absolute Gasteiger partial charge is 0.359 e. The first-order valence-electron chi connectivity index (χ1n) is 4.78. The number of benzene rings is 1. The number of halogens is 1. The van der Waals surface area contributed by atoms with Gasteiger partial charge in [-0.15, -0.1) is 0 Å². The van der Waals surface area contributed by atoms with Crippen LogP contribution in [0.15, 0.2) is 38.2 Å². The zero-order chi connectivity index (χ0) is 11.5. The molecule has 2 aromatic rings. The Kier molecular flexibility index (Phi) is 3.56. The molecule has 0 amide bonds. The molecule has 0 saturated carbocycles. The van der Waals surface area contributed by atoms with E-state index >= 15 is 0 Å². The second kappa shape index (κ2) is 4.93. The van der Waals surface area contributed by atoms with Gasteiger partial charge < -0.3 is 9.25 Å². The standard InChI is InChI=1S/C11H11BrN2OS/c1-7-8(2)15-13-11(7)14-16-10-6-4-3-5-9(10)12/h3-6H,1-2H3,(H,13,14). The van der Waals surface area contributed by atoms with Crippen LogP contribution in [-0.2, 0) is 0 Å². The summed E-state index contributed by atoms with van der Waals surface area (Å²) in [5.74, 6) is 1.62. The molecule has 0 fully saturated rings. The van der Waals surface area contributed by atoms with E-state index in [4.69, 9.17) is 4.52 Å². The molecule has 0 spiro atoms. The summed E-state index contributed by atoms with van der Waals surface area (Å²) in [6.07, 6.45) is 0. The highest BCUT2D eigenvalue weighted by Gasteiger charge is 2.08. The zero-order valence-electron chi connectivity index (χ0n) is 8.95. The first-order valence-corrected chi connectivity index (χ1v) is 6.39. The minimum Gasteiger partial charge on any atom is -0.359 e. The summed E-state index contributed by atoms with van der Waals surface area (Å²) in [5, 5.41) is 3.94. The maximum Gasteiger partial charge on any atom is 0.182 e. The molecule has 0 aliphatic carbocycles. The van der Waals surface area contributed by atoms with Crippen LogP contribution >= 0.6 is 27.9 Å². The lowest BCUT2D eigenvalue weighted by Gasteiger charge is -2.04. The number of anilines is 1. The van der Waals surface area contributed by atoms with E-state index in [9.17, 15) is 0 Å². The third kappa shape index (κ3) is 2.41. The molecule has 1 heterocycles. The van der Waals surface area contributed by atoms with Gasteiger partial charge in [0, 0.05) is 14.9 Å². The topological polar surface area (TPSA) is 38.1 Å². The summed E-state index contributed by atoms with van der Waals surface area (Å²) in [4.78, 5) is 1.11. The number of nitrogens with zero attached hydrogens (tertiary/aromatic N) is 1. The summed E-state index contributed by atoms with van der Waals surface area (Å²) in [7, 11) is 0. The normalized spacial score (nSPS) is 10.4. The van der Waals surface area contributed by atoms with Crippen molar-refractivity contribution in [3.8, 4) is 0 Å². The molecular formula is C11H11BrN2OS. The van der Waals surface area contributed by atoms with E-state index in [1.54, 1.807) is 0 Å². The summed E-state index contributed by atoms with van der Waals surface area (Å²) >= 11 is 5.00. The average molecular weight is 299 g/mol. The quantitative estimate of drug-likeness (QED) is 0.863. The highest BCUT2D eigenvalue weighted by atomic mass is 79.9. The number of aryl methyl sites for hydroxylation is 1. The number of aromatic nitrogens is 1. The van der Waals surface area contributed by atoms with Crippen LogP contribution in [-0.4, -0.2) is 5.16 Å². The lowest BCUT2D eigenvalue weighted by molar-refractivity contribution is 0.399. The van der Waals surface area contributed by atoms with Gasteiger partial charge >= 0.3 is 0 Å². The van der Waals surface area contributed by atoms with Gasteiger partial charge in [0.1, 0.15) is 5.76 Å². The Labute approximate surface area is 107 Å². The molecular weight excluding hydrogens is 288 g/mol. The Hall–Kier alpha value is -0.940. The Morgan fingerprint density at radius 1 is 1.31 bits per heavy atom. The van der Waals surface area contributed by atoms with Crippen molar-refractivity contribution in [2.45, 2.75) is 18.7 Å². The molecule has 0 unspecified atom stereocenters. The lowest BCUT2D eigenvalue weighted by Crippen LogP contribution is -1.89. The molecule has 3 nitrogen and oxygen atoms in total. The van der Waals surface area contributed by atoms with Gasteiger partial charge in [-0.1, -0.05) is 17.3 Å². The predicted molar refractivity (Wildman–Crippen MR) is 69.6 cm³/mol. The Morgan fingerprint density at radius 2 is 2.06 bits per heavy atom. The zero-order valence-corrected chi connectivity index (χ0v) is 11.4. The van der Waals surface area contributed by atoms with Crippen molar-refractivity contribution in [1.29, 1.82) is 0 Å². The molecule has 84 valence electrons. The van der Waals surface area contributed by atoms with E-state index in [0.29, 0.717) is 0 Å². The maximum atomic E-state index is 5.08. The van der Waals surface area contributed by atoms with Gasteiger partial charge in [-0.25, -0.2) is 0 Å². The van der Waals surface area contributed by atoms with Gasteiger partial charge in [0.25, 0.3) is 0 Å². The number of rotatable bonds is 3. The first-order chi connectivity index (χ1) is 7.68. The number of hydrogen-bond donors (Lipinski definition) is 1. The first kappa shape index (κ1) is 11.5. The molecule has 5 heteroatoms. The molecule has 2 rings (SSSR count). The highest BCUT2D eigenvalue weighted by molar-refractivity contribution is 9.10. The third-order valence-corrected chi connectivity index (χ3v) is 4.08. The SMILES string of the molecule is Cc1onc(NSc2ccccc2Br)c1C. The van der Waals surface area contributed by atoms with Gasteiger partial charge in [-0.3, -0.25) is 0 Å². The fourth-order valence-electron chi connectivity index (χ4n) is 1.14. The molecule has 0 atom stereocenters. The Morgan fingerprint density at radius 3 is 2.69 bits per heavy atom. The van der Waals surface area contributed by atoms with Gasteiger partial charge in [0.15, 0.2) is 5.82 Å². The van der Waals surface area contributed by atoms with Gasteiger partial charge in [-0.2, -0.15) is 0 Å². The fraction of sp³-hybridized carbons (Fsp3) is 0.182. The van der Waals surface area contributed by atoms with Crippen LogP contribution in [0.25, 0.3) is 0 Å².